The fourth-order valence-corrected chi connectivity index (χ4v) is 4.26. The number of benzene rings is 2. The van der Waals surface area contributed by atoms with Crippen LogP contribution in [-0.4, -0.2) is 41.5 Å². The van der Waals surface area contributed by atoms with Gasteiger partial charge in [-0.1, -0.05) is 18.2 Å². The van der Waals surface area contributed by atoms with Crippen LogP contribution in [0.3, 0.4) is 0 Å². The highest BCUT2D eigenvalue weighted by molar-refractivity contribution is 6.10. The number of carbonyl (C=O) groups is 1. The van der Waals surface area contributed by atoms with Crippen molar-refractivity contribution in [3.63, 3.8) is 0 Å². The topological polar surface area (TPSA) is 97.4 Å². The molecule has 0 saturated heterocycles. The van der Waals surface area contributed by atoms with E-state index in [1.165, 1.54) is 7.11 Å². The Bertz CT molecular complexity index is 1420. The zero-order chi connectivity index (χ0) is 22.9. The summed E-state index contributed by atoms with van der Waals surface area (Å²) in [7, 11) is 3.07. The molecule has 0 saturated carbocycles. The van der Waals surface area contributed by atoms with Crippen LogP contribution >= 0.6 is 0 Å². The van der Waals surface area contributed by atoms with Gasteiger partial charge in [0.2, 0.25) is 5.95 Å². The first-order valence-corrected chi connectivity index (χ1v) is 10.6. The van der Waals surface area contributed by atoms with Crippen molar-refractivity contribution in [3.05, 3.63) is 87.5 Å². The minimum absolute atomic E-state index is 0.0355. The lowest BCUT2D eigenvalue weighted by atomic mass is 9.91. The van der Waals surface area contributed by atoms with Gasteiger partial charge in [0.25, 0.3) is 5.56 Å². The molecule has 8 heteroatoms. The van der Waals surface area contributed by atoms with E-state index in [2.05, 4.69) is 15.0 Å². The van der Waals surface area contributed by atoms with Crippen molar-refractivity contribution >= 4 is 22.6 Å². The number of carbonyl (C=O) groups excluding carboxylic acids is 1. The number of pyridine rings is 1. The van der Waals surface area contributed by atoms with E-state index in [1.807, 2.05) is 23.1 Å². The summed E-state index contributed by atoms with van der Waals surface area (Å²) in [6.07, 6.45) is 3.90. The molecule has 2 aromatic carbocycles. The Balaban J connectivity index is 1.49. The number of aromatic amines is 1. The maximum absolute atomic E-state index is 13.0. The summed E-state index contributed by atoms with van der Waals surface area (Å²) in [4.78, 5) is 39.5. The molecule has 0 atom stereocenters. The number of hydrogen-bond donors (Lipinski definition) is 1. The van der Waals surface area contributed by atoms with Gasteiger partial charge in [-0.2, -0.15) is 0 Å². The standard InChI is InChI=1S/C25H22N4O4/c1-32-21-11-19-20(12-22(21)33-2)27-25(28-24(19)31)29-10-8-17-16(14-29)5-3-7-18(17)23(30)15-6-4-9-26-13-15/h3-7,9,11-13H,8,10,14H2,1-2H3,(H,27,28,31). The van der Waals surface area contributed by atoms with Gasteiger partial charge in [0, 0.05) is 42.7 Å². The van der Waals surface area contributed by atoms with Crippen molar-refractivity contribution in [1.82, 2.24) is 15.0 Å². The van der Waals surface area contributed by atoms with Crippen molar-refractivity contribution in [2.75, 3.05) is 25.7 Å². The molecule has 0 amide bonds. The first-order chi connectivity index (χ1) is 16.1. The third-order valence-corrected chi connectivity index (χ3v) is 5.93. The lowest BCUT2D eigenvalue weighted by molar-refractivity contribution is 0.103. The second kappa shape index (κ2) is 8.38. The smallest absolute Gasteiger partial charge is 0.260 e. The third-order valence-electron chi connectivity index (χ3n) is 5.93. The van der Waals surface area contributed by atoms with Gasteiger partial charge in [0.15, 0.2) is 17.3 Å². The van der Waals surface area contributed by atoms with Crippen LogP contribution < -0.4 is 19.9 Å². The molecule has 0 aliphatic carbocycles. The summed E-state index contributed by atoms with van der Waals surface area (Å²) in [6, 6.07) is 12.6. The average Bonchev–Trinajstić information content (AvgIpc) is 2.87. The fraction of sp³-hybridized carbons (Fsp3) is 0.200. The third kappa shape index (κ3) is 3.69. The monoisotopic (exact) mass is 442 g/mol. The van der Waals surface area contributed by atoms with E-state index in [4.69, 9.17) is 9.47 Å². The van der Waals surface area contributed by atoms with Crippen LogP contribution in [0.25, 0.3) is 10.9 Å². The maximum Gasteiger partial charge on any atom is 0.260 e. The number of methoxy groups -OCH3 is 2. The summed E-state index contributed by atoms with van der Waals surface area (Å²) < 4.78 is 10.7. The van der Waals surface area contributed by atoms with Gasteiger partial charge < -0.3 is 14.4 Å². The van der Waals surface area contributed by atoms with E-state index < -0.39 is 0 Å². The molecule has 4 aromatic rings. The highest BCUT2D eigenvalue weighted by Gasteiger charge is 2.24. The minimum atomic E-state index is -0.248. The average molecular weight is 442 g/mol. The number of nitrogens with one attached hydrogen (secondary N) is 1. The van der Waals surface area contributed by atoms with E-state index in [1.54, 1.807) is 43.8 Å². The summed E-state index contributed by atoms with van der Waals surface area (Å²) >= 11 is 0. The van der Waals surface area contributed by atoms with Crippen LogP contribution in [0.4, 0.5) is 5.95 Å². The molecule has 0 fully saturated rings. The largest absolute Gasteiger partial charge is 0.493 e. The zero-order valence-electron chi connectivity index (χ0n) is 18.3. The first-order valence-electron chi connectivity index (χ1n) is 10.6. The Morgan fingerprint density at radius 2 is 1.91 bits per heavy atom. The molecule has 2 aromatic heterocycles. The van der Waals surface area contributed by atoms with Crippen molar-refractivity contribution in [3.8, 4) is 11.5 Å². The van der Waals surface area contributed by atoms with Crippen LogP contribution in [0.1, 0.15) is 27.0 Å². The molecule has 0 bridgehead atoms. The molecule has 0 radical (unpaired) electrons. The molecule has 8 nitrogen and oxygen atoms in total. The summed E-state index contributed by atoms with van der Waals surface area (Å²) in [5.74, 6) is 1.43. The number of rotatable bonds is 5. The second-order valence-electron chi connectivity index (χ2n) is 7.80. The Hall–Kier alpha value is -4.20. The molecule has 5 rings (SSSR count). The van der Waals surface area contributed by atoms with Gasteiger partial charge in [-0.25, -0.2) is 4.98 Å². The quantitative estimate of drug-likeness (QED) is 0.474. The number of anilines is 1. The van der Waals surface area contributed by atoms with Gasteiger partial charge in [-0.15, -0.1) is 0 Å². The number of ether oxygens (including phenoxy) is 2. The van der Waals surface area contributed by atoms with Crippen LogP contribution in [-0.2, 0) is 13.0 Å². The van der Waals surface area contributed by atoms with Gasteiger partial charge in [-0.05, 0) is 35.7 Å². The van der Waals surface area contributed by atoms with Gasteiger partial charge in [0.1, 0.15) is 0 Å². The Labute approximate surface area is 189 Å². The molecule has 33 heavy (non-hydrogen) atoms. The lowest BCUT2D eigenvalue weighted by Crippen LogP contribution is -2.34. The van der Waals surface area contributed by atoms with Gasteiger partial charge in [0.05, 0.1) is 25.1 Å². The van der Waals surface area contributed by atoms with E-state index >= 15 is 0 Å². The highest BCUT2D eigenvalue weighted by Crippen LogP contribution is 2.31. The van der Waals surface area contributed by atoms with E-state index in [0.29, 0.717) is 59.0 Å². The number of fused-ring (bicyclic) bond motifs is 2. The fourth-order valence-electron chi connectivity index (χ4n) is 4.26. The Morgan fingerprint density at radius 1 is 1.09 bits per heavy atom. The van der Waals surface area contributed by atoms with Crippen molar-refractivity contribution in [1.29, 1.82) is 0 Å². The molecular formula is C25H22N4O4. The van der Waals surface area contributed by atoms with Crippen LogP contribution in [0, 0.1) is 0 Å². The Kier molecular flexibility index (Phi) is 5.26. The number of ketones is 1. The normalized spacial score (nSPS) is 13.0. The molecule has 166 valence electrons. The summed E-state index contributed by atoms with van der Waals surface area (Å²) in [5.41, 5.74) is 3.60. The van der Waals surface area contributed by atoms with Crippen LogP contribution in [0.2, 0.25) is 0 Å². The predicted octanol–water partition coefficient (Wildman–Crippen LogP) is 3.13. The van der Waals surface area contributed by atoms with Crippen LogP contribution in [0.5, 0.6) is 11.5 Å². The van der Waals surface area contributed by atoms with Gasteiger partial charge >= 0.3 is 0 Å². The van der Waals surface area contributed by atoms with E-state index in [-0.39, 0.29) is 11.3 Å². The number of aromatic nitrogens is 3. The van der Waals surface area contributed by atoms with Crippen molar-refractivity contribution < 1.29 is 14.3 Å². The van der Waals surface area contributed by atoms with E-state index in [0.717, 1.165) is 11.1 Å². The van der Waals surface area contributed by atoms with Crippen molar-refractivity contribution in [2.24, 2.45) is 0 Å². The number of H-pyrrole nitrogens is 1. The van der Waals surface area contributed by atoms with E-state index in [9.17, 15) is 9.59 Å². The maximum atomic E-state index is 13.0. The molecule has 0 spiro atoms. The first kappa shape index (κ1) is 20.7. The molecule has 3 heterocycles. The van der Waals surface area contributed by atoms with Gasteiger partial charge in [-0.3, -0.25) is 19.6 Å². The van der Waals surface area contributed by atoms with Crippen LogP contribution in [0.15, 0.2) is 59.7 Å². The SMILES string of the molecule is COc1cc2nc(N3CCc4c(cccc4C(=O)c4cccnc4)C3)[nH]c(=O)c2cc1OC. The number of hydrogen-bond acceptors (Lipinski definition) is 7. The molecule has 1 aliphatic heterocycles. The number of nitrogens with zero attached hydrogens (tertiary/aromatic N) is 3. The highest BCUT2D eigenvalue weighted by atomic mass is 16.5. The summed E-state index contributed by atoms with van der Waals surface area (Å²) in [5, 5.41) is 0.429. The molecule has 1 aliphatic rings. The molecular weight excluding hydrogens is 420 g/mol. The van der Waals surface area contributed by atoms with Crippen molar-refractivity contribution in [2.45, 2.75) is 13.0 Å². The predicted molar refractivity (Wildman–Crippen MR) is 124 cm³/mol. The summed E-state index contributed by atoms with van der Waals surface area (Å²) in [6.45, 7) is 1.15. The minimum Gasteiger partial charge on any atom is -0.493 e. The zero-order valence-corrected chi connectivity index (χ0v) is 18.3. The molecule has 1 N–H and O–H groups in total. The Morgan fingerprint density at radius 3 is 2.67 bits per heavy atom. The lowest BCUT2D eigenvalue weighted by Gasteiger charge is -2.30. The second-order valence-corrected chi connectivity index (χ2v) is 7.80. The molecule has 0 unspecified atom stereocenters.